The lowest BCUT2D eigenvalue weighted by atomic mass is 9.93. The number of nitrogens with zero attached hydrogens (tertiary/aromatic N) is 1. The minimum absolute atomic E-state index is 0.0148. The van der Waals surface area contributed by atoms with Gasteiger partial charge in [0.05, 0.1) is 6.26 Å². The second kappa shape index (κ2) is 8.31. The molecule has 1 aliphatic rings. The molecule has 1 aliphatic heterocycles. The van der Waals surface area contributed by atoms with Crippen LogP contribution in [0.4, 0.5) is 0 Å². The van der Waals surface area contributed by atoms with E-state index in [-0.39, 0.29) is 5.92 Å². The molecule has 6 heteroatoms. The van der Waals surface area contributed by atoms with Gasteiger partial charge < -0.3 is 4.42 Å². The van der Waals surface area contributed by atoms with Crippen LogP contribution in [0.2, 0.25) is 0 Å². The summed E-state index contributed by atoms with van der Waals surface area (Å²) in [4.78, 5) is 0. The molecule has 0 spiro atoms. The Balaban J connectivity index is 1.42. The molecule has 0 saturated heterocycles. The largest absolute Gasteiger partial charge is 0.469 e. The topological polar surface area (TPSA) is 62.6 Å². The van der Waals surface area contributed by atoms with Crippen LogP contribution in [0, 0.1) is 0 Å². The van der Waals surface area contributed by atoms with Crippen molar-refractivity contribution in [1.29, 1.82) is 0 Å². The van der Waals surface area contributed by atoms with E-state index in [4.69, 9.17) is 4.42 Å². The van der Waals surface area contributed by atoms with Gasteiger partial charge in [0.25, 0.3) is 10.2 Å². The molecular weight excluding hydrogens is 372 g/mol. The number of benzene rings is 2. The van der Waals surface area contributed by atoms with Crippen LogP contribution in [0.1, 0.15) is 34.8 Å². The summed E-state index contributed by atoms with van der Waals surface area (Å²) in [6.45, 7) is 1.28. The fourth-order valence-corrected chi connectivity index (χ4v) is 4.95. The van der Waals surface area contributed by atoms with Crippen LogP contribution in [-0.4, -0.2) is 25.8 Å². The van der Waals surface area contributed by atoms with Gasteiger partial charge in [-0.1, -0.05) is 54.6 Å². The van der Waals surface area contributed by atoms with Crippen LogP contribution in [0.3, 0.4) is 0 Å². The molecule has 0 radical (unpaired) electrons. The van der Waals surface area contributed by atoms with Crippen molar-refractivity contribution in [3.8, 4) is 0 Å². The van der Waals surface area contributed by atoms with Crippen molar-refractivity contribution in [3.63, 3.8) is 0 Å². The second-order valence-electron chi connectivity index (χ2n) is 7.02. The van der Waals surface area contributed by atoms with Gasteiger partial charge in [0.2, 0.25) is 0 Å². The number of nitrogens with one attached hydrogen (secondary N) is 1. The molecule has 146 valence electrons. The highest BCUT2D eigenvalue weighted by atomic mass is 32.2. The molecule has 1 N–H and O–H groups in total. The van der Waals surface area contributed by atoms with Gasteiger partial charge in [0.1, 0.15) is 5.76 Å². The third-order valence-electron chi connectivity index (χ3n) is 5.24. The third-order valence-corrected chi connectivity index (χ3v) is 6.80. The summed E-state index contributed by atoms with van der Waals surface area (Å²) >= 11 is 0. The minimum atomic E-state index is -3.52. The van der Waals surface area contributed by atoms with Crippen LogP contribution in [-0.2, 0) is 23.2 Å². The Bertz CT molecular complexity index is 1000. The molecule has 28 heavy (non-hydrogen) atoms. The van der Waals surface area contributed by atoms with E-state index >= 15 is 0 Å². The Morgan fingerprint density at radius 1 is 0.964 bits per heavy atom. The lowest BCUT2D eigenvalue weighted by Crippen LogP contribution is -2.43. The molecule has 1 unspecified atom stereocenters. The minimum Gasteiger partial charge on any atom is -0.469 e. The predicted molar refractivity (Wildman–Crippen MR) is 109 cm³/mol. The number of hydrogen-bond acceptors (Lipinski definition) is 3. The fourth-order valence-electron chi connectivity index (χ4n) is 3.75. The molecule has 0 aliphatic carbocycles. The highest BCUT2D eigenvalue weighted by Gasteiger charge is 2.26. The zero-order chi connectivity index (χ0) is 19.4. The quantitative estimate of drug-likeness (QED) is 0.662. The van der Waals surface area contributed by atoms with E-state index in [0.717, 1.165) is 23.3 Å². The molecular formula is C22H24N2O3S. The van der Waals surface area contributed by atoms with Crippen LogP contribution in [0.25, 0.3) is 0 Å². The van der Waals surface area contributed by atoms with Crippen molar-refractivity contribution in [2.45, 2.75) is 25.3 Å². The van der Waals surface area contributed by atoms with Gasteiger partial charge in [0, 0.05) is 25.6 Å². The summed E-state index contributed by atoms with van der Waals surface area (Å²) in [6, 6.07) is 21.9. The summed E-state index contributed by atoms with van der Waals surface area (Å²) in [5.41, 5.74) is 3.43. The first kappa shape index (κ1) is 18.9. The van der Waals surface area contributed by atoms with E-state index in [1.54, 1.807) is 6.26 Å². The van der Waals surface area contributed by atoms with Crippen LogP contribution < -0.4 is 4.72 Å². The van der Waals surface area contributed by atoms with Gasteiger partial charge in [-0.3, -0.25) is 0 Å². The van der Waals surface area contributed by atoms with E-state index in [0.29, 0.717) is 26.1 Å². The van der Waals surface area contributed by atoms with Gasteiger partial charge >= 0.3 is 0 Å². The Morgan fingerprint density at radius 3 is 2.46 bits per heavy atom. The smallest absolute Gasteiger partial charge is 0.279 e. The maximum atomic E-state index is 12.8. The second-order valence-corrected chi connectivity index (χ2v) is 8.77. The molecule has 0 saturated carbocycles. The predicted octanol–water partition coefficient (Wildman–Crippen LogP) is 3.69. The Labute approximate surface area is 166 Å². The van der Waals surface area contributed by atoms with Crippen molar-refractivity contribution in [1.82, 2.24) is 9.03 Å². The lowest BCUT2D eigenvalue weighted by Gasteiger charge is -2.28. The first-order valence-electron chi connectivity index (χ1n) is 9.53. The molecule has 4 rings (SSSR count). The van der Waals surface area contributed by atoms with E-state index < -0.39 is 10.2 Å². The number of fused-ring (bicyclic) bond motifs is 1. The SMILES string of the molecule is O=S(=O)(NCCC(c1ccccc1)c1ccco1)N1CCc2ccccc2C1. The van der Waals surface area contributed by atoms with Crippen LogP contribution in [0.15, 0.2) is 77.4 Å². The molecule has 1 aromatic heterocycles. The van der Waals surface area contributed by atoms with E-state index in [1.165, 1.54) is 9.87 Å². The van der Waals surface area contributed by atoms with Crippen molar-refractivity contribution in [2.75, 3.05) is 13.1 Å². The highest BCUT2D eigenvalue weighted by molar-refractivity contribution is 7.87. The van der Waals surface area contributed by atoms with Gasteiger partial charge in [0.15, 0.2) is 0 Å². The van der Waals surface area contributed by atoms with Crippen molar-refractivity contribution in [3.05, 3.63) is 95.4 Å². The molecule has 2 aromatic carbocycles. The maximum Gasteiger partial charge on any atom is 0.279 e. The molecule has 3 aromatic rings. The zero-order valence-electron chi connectivity index (χ0n) is 15.6. The highest BCUT2D eigenvalue weighted by Crippen LogP contribution is 2.28. The summed E-state index contributed by atoms with van der Waals surface area (Å²) in [7, 11) is -3.52. The molecule has 5 nitrogen and oxygen atoms in total. The summed E-state index contributed by atoms with van der Waals surface area (Å²) in [5.74, 6) is 0.860. The Hall–Kier alpha value is -2.41. The van der Waals surface area contributed by atoms with Crippen LogP contribution >= 0.6 is 0 Å². The molecule has 0 bridgehead atoms. The number of hydrogen-bond donors (Lipinski definition) is 1. The average molecular weight is 397 g/mol. The van der Waals surface area contributed by atoms with E-state index in [9.17, 15) is 8.42 Å². The van der Waals surface area contributed by atoms with Gasteiger partial charge in [-0.25, -0.2) is 4.72 Å². The first-order valence-corrected chi connectivity index (χ1v) is 11.0. The van der Waals surface area contributed by atoms with Crippen LogP contribution in [0.5, 0.6) is 0 Å². The number of rotatable bonds is 7. The summed E-state index contributed by atoms with van der Waals surface area (Å²) in [6.07, 6.45) is 3.03. The van der Waals surface area contributed by atoms with Crippen molar-refractivity contribution in [2.24, 2.45) is 0 Å². The van der Waals surface area contributed by atoms with Gasteiger partial charge in [-0.2, -0.15) is 12.7 Å². The van der Waals surface area contributed by atoms with Gasteiger partial charge in [-0.05, 0) is 41.7 Å². The molecule has 0 fully saturated rings. The molecule has 2 heterocycles. The van der Waals surface area contributed by atoms with Gasteiger partial charge in [-0.15, -0.1) is 0 Å². The van der Waals surface area contributed by atoms with Crippen molar-refractivity contribution < 1.29 is 12.8 Å². The maximum absolute atomic E-state index is 12.8. The summed E-state index contributed by atoms with van der Waals surface area (Å²) < 4.78 is 35.5. The zero-order valence-corrected chi connectivity index (χ0v) is 16.4. The van der Waals surface area contributed by atoms with E-state index in [1.807, 2.05) is 60.7 Å². The van der Waals surface area contributed by atoms with Crippen molar-refractivity contribution >= 4 is 10.2 Å². The first-order chi connectivity index (χ1) is 13.6. The molecule has 0 amide bonds. The normalized spacial score (nSPS) is 15.9. The average Bonchev–Trinajstić information content (AvgIpc) is 3.26. The molecule has 1 atom stereocenters. The standard InChI is InChI=1S/C22H24N2O3S/c25-28(26,24-15-13-18-7-4-5-10-20(18)17-24)23-14-12-21(22-11-6-16-27-22)19-8-2-1-3-9-19/h1-11,16,21,23H,12-15,17H2. The lowest BCUT2D eigenvalue weighted by molar-refractivity contribution is 0.382. The third kappa shape index (κ3) is 4.19. The monoisotopic (exact) mass is 396 g/mol. The number of furan rings is 1. The Morgan fingerprint density at radius 2 is 1.71 bits per heavy atom. The summed E-state index contributed by atoms with van der Waals surface area (Å²) in [5, 5.41) is 0. The Kier molecular flexibility index (Phi) is 5.62. The van der Waals surface area contributed by atoms with E-state index in [2.05, 4.69) is 10.8 Å². The fraction of sp³-hybridized carbons (Fsp3) is 0.273.